The van der Waals surface area contributed by atoms with Crippen molar-refractivity contribution in [3.05, 3.63) is 91.0 Å². The summed E-state index contributed by atoms with van der Waals surface area (Å²) in [6.07, 6.45) is 0. The number of rotatable bonds is 6. The van der Waals surface area contributed by atoms with Gasteiger partial charge in [0.1, 0.15) is 0 Å². The highest BCUT2D eigenvalue weighted by molar-refractivity contribution is 7.12. The summed E-state index contributed by atoms with van der Waals surface area (Å²) in [4.78, 5) is 2.45. The fourth-order valence-electron chi connectivity index (χ4n) is 4.60. The first-order chi connectivity index (χ1) is 12.6. The van der Waals surface area contributed by atoms with Crippen molar-refractivity contribution in [1.29, 1.82) is 0 Å². The summed E-state index contributed by atoms with van der Waals surface area (Å²) in [7, 11) is 2.22. The molecular formula is C24H29NSi. The standard InChI is InChI=1S/C24H29NSi/c1-20(2)24(25(3)4)26(21-14-8-5-9-15-21,22-16-10-6-11-17-22)23-18-12-7-13-19-23/h5-20,24H,1-4H3. The zero-order chi connectivity index (χ0) is 18.6. The first kappa shape index (κ1) is 18.6. The van der Waals surface area contributed by atoms with Gasteiger partial charge in [0, 0.05) is 5.67 Å². The van der Waals surface area contributed by atoms with Crippen LogP contribution >= 0.6 is 0 Å². The zero-order valence-corrected chi connectivity index (χ0v) is 17.3. The van der Waals surface area contributed by atoms with Gasteiger partial charge in [-0.05, 0) is 35.6 Å². The molecule has 0 aromatic heterocycles. The molecule has 0 N–H and O–H groups in total. The molecule has 26 heavy (non-hydrogen) atoms. The molecule has 0 fully saturated rings. The summed E-state index contributed by atoms with van der Waals surface area (Å²) in [5, 5.41) is 4.43. The highest BCUT2D eigenvalue weighted by Crippen LogP contribution is 2.22. The van der Waals surface area contributed by atoms with Gasteiger partial charge in [0.15, 0.2) is 8.07 Å². The Labute approximate surface area is 159 Å². The summed E-state index contributed by atoms with van der Waals surface area (Å²) in [6, 6.07) is 33.5. The molecule has 2 heteroatoms. The van der Waals surface area contributed by atoms with E-state index in [-0.39, 0.29) is 0 Å². The van der Waals surface area contributed by atoms with Crippen molar-refractivity contribution in [1.82, 2.24) is 4.90 Å². The second-order valence-electron chi connectivity index (χ2n) is 7.56. The van der Waals surface area contributed by atoms with Crippen LogP contribution in [0.2, 0.25) is 0 Å². The quantitative estimate of drug-likeness (QED) is 0.482. The number of nitrogens with zero attached hydrogens (tertiary/aromatic N) is 1. The van der Waals surface area contributed by atoms with Gasteiger partial charge in [-0.2, -0.15) is 0 Å². The molecule has 134 valence electrons. The molecule has 0 radical (unpaired) electrons. The topological polar surface area (TPSA) is 3.24 Å². The molecule has 0 spiro atoms. The Bertz CT molecular complexity index is 693. The fraction of sp³-hybridized carbons (Fsp3) is 0.250. The Morgan fingerprint density at radius 3 is 1.12 bits per heavy atom. The molecule has 1 atom stereocenters. The number of benzene rings is 3. The van der Waals surface area contributed by atoms with Crippen LogP contribution in [-0.4, -0.2) is 32.7 Å². The molecule has 3 aromatic carbocycles. The Hall–Kier alpha value is -2.16. The lowest BCUT2D eigenvalue weighted by molar-refractivity contribution is 0.304. The minimum absolute atomic E-state index is 0.453. The maximum Gasteiger partial charge on any atom is 0.165 e. The maximum atomic E-state index is 2.45. The Morgan fingerprint density at radius 2 is 0.885 bits per heavy atom. The molecule has 3 rings (SSSR count). The minimum Gasteiger partial charge on any atom is -0.308 e. The van der Waals surface area contributed by atoms with Crippen molar-refractivity contribution in [2.45, 2.75) is 19.5 Å². The molecule has 3 aromatic rings. The van der Waals surface area contributed by atoms with Gasteiger partial charge in [-0.25, -0.2) is 0 Å². The van der Waals surface area contributed by atoms with E-state index in [0.717, 1.165) is 0 Å². The largest absolute Gasteiger partial charge is 0.308 e. The van der Waals surface area contributed by atoms with Crippen LogP contribution in [0.3, 0.4) is 0 Å². The molecule has 0 heterocycles. The van der Waals surface area contributed by atoms with E-state index in [1.54, 1.807) is 0 Å². The van der Waals surface area contributed by atoms with Crippen molar-refractivity contribution < 1.29 is 0 Å². The van der Waals surface area contributed by atoms with E-state index in [2.05, 4.69) is 124 Å². The van der Waals surface area contributed by atoms with Gasteiger partial charge in [0.25, 0.3) is 0 Å². The number of hydrogen-bond donors (Lipinski definition) is 0. The van der Waals surface area contributed by atoms with Crippen molar-refractivity contribution in [3.63, 3.8) is 0 Å². The lowest BCUT2D eigenvalue weighted by Gasteiger charge is -2.46. The molecule has 1 unspecified atom stereocenters. The van der Waals surface area contributed by atoms with Crippen LogP contribution in [0.25, 0.3) is 0 Å². The van der Waals surface area contributed by atoms with E-state index in [1.165, 1.54) is 15.6 Å². The Morgan fingerprint density at radius 1 is 0.577 bits per heavy atom. The minimum atomic E-state index is -2.25. The van der Waals surface area contributed by atoms with E-state index in [9.17, 15) is 0 Å². The average Bonchev–Trinajstić information content (AvgIpc) is 2.67. The molecule has 0 amide bonds. The van der Waals surface area contributed by atoms with Gasteiger partial charge in [0.05, 0.1) is 0 Å². The van der Waals surface area contributed by atoms with E-state index < -0.39 is 8.07 Å². The molecule has 0 aliphatic heterocycles. The van der Waals surface area contributed by atoms with Crippen LogP contribution in [0.4, 0.5) is 0 Å². The van der Waals surface area contributed by atoms with Crippen molar-refractivity contribution in [3.8, 4) is 0 Å². The summed E-state index contributed by atoms with van der Waals surface area (Å²) in [6.45, 7) is 4.72. The van der Waals surface area contributed by atoms with Crippen LogP contribution in [0.15, 0.2) is 91.0 Å². The van der Waals surface area contributed by atoms with Gasteiger partial charge in [-0.3, -0.25) is 0 Å². The van der Waals surface area contributed by atoms with Gasteiger partial charge in [0.2, 0.25) is 0 Å². The van der Waals surface area contributed by atoms with Crippen molar-refractivity contribution >= 4 is 23.6 Å². The third kappa shape index (κ3) is 3.27. The smallest absolute Gasteiger partial charge is 0.165 e. The molecule has 0 saturated heterocycles. The molecule has 1 nitrogen and oxygen atoms in total. The highest BCUT2D eigenvalue weighted by Gasteiger charge is 2.48. The molecule has 0 saturated carbocycles. The molecule has 0 aliphatic carbocycles. The number of hydrogen-bond acceptors (Lipinski definition) is 1. The van der Waals surface area contributed by atoms with Crippen molar-refractivity contribution in [2.24, 2.45) is 5.92 Å². The Balaban J connectivity index is 2.43. The molecule has 0 bridgehead atoms. The van der Waals surface area contributed by atoms with E-state index in [4.69, 9.17) is 0 Å². The lowest BCUT2D eigenvalue weighted by Crippen LogP contribution is -2.78. The SMILES string of the molecule is CC(C)C(N(C)C)[Si](c1ccccc1)(c1ccccc1)c1ccccc1. The Kier molecular flexibility index (Phi) is 5.75. The predicted molar refractivity (Wildman–Crippen MR) is 116 cm³/mol. The first-order valence-corrected chi connectivity index (χ1v) is 11.5. The second-order valence-corrected chi connectivity index (χ2v) is 11.5. The van der Waals surface area contributed by atoms with E-state index in [1.807, 2.05) is 0 Å². The monoisotopic (exact) mass is 359 g/mol. The molecular weight excluding hydrogens is 330 g/mol. The summed E-state index contributed by atoms with van der Waals surface area (Å²) < 4.78 is 0. The summed E-state index contributed by atoms with van der Waals surface area (Å²) >= 11 is 0. The van der Waals surface area contributed by atoms with Crippen molar-refractivity contribution in [2.75, 3.05) is 14.1 Å². The third-order valence-corrected chi connectivity index (χ3v) is 11.1. The van der Waals surface area contributed by atoms with Gasteiger partial charge >= 0.3 is 0 Å². The normalized spacial score (nSPS) is 13.2. The summed E-state index contributed by atoms with van der Waals surface area (Å²) in [5.74, 6) is 0.539. The highest BCUT2D eigenvalue weighted by atomic mass is 28.3. The first-order valence-electron chi connectivity index (χ1n) is 9.41. The summed E-state index contributed by atoms with van der Waals surface area (Å²) in [5.41, 5.74) is 0.453. The van der Waals surface area contributed by atoms with Crippen LogP contribution in [0.5, 0.6) is 0 Å². The molecule has 0 aliphatic rings. The fourth-order valence-corrected chi connectivity index (χ4v) is 10.6. The van der Waals surface area contributed by atoms with E-state index >= 15 is 0 Å². The lowest BCUT2D eigenvalue weighted by atomic mass is 10.2. The van der Waals surface area contributed by atoms with Crippen LogP contribution in [0, 0.1) is 5.92 Å². The average molecular weight is 360 g/mol. The second kappa shape index (κ2) is 8.03. The van der Waals surface area contributed by atoms with E-state index in [0.29, 0.717) is 11.6 Å². The third-order valence-electron chi connectivity index (χ3n) is 5.32. The van der Waals surface area contributed by atoms with Crippen LogP contribution in [0.1, 0.15) is 13.8 Å². The maximum absolute atomic E-state index is 2.45. The predicted octanol–water partition coefficient (Wildman–Crippen LogP) is 3.28. The van der Waals surface area contributed by atoms with Crippen LogP contribution in [-0.2, 0) is 0 Å². The zero-order valence-electron chi connectivity index (χ0n) is 16.3. The van der Waals surface area contributed by atoms with Crippen LogP contribution < -0.4 is 15.6 Å². The van der Waals surface area contributed by atoms with Gasteiger partial charge in [-0.1, -0.05) is 105 Å². The van der Waals surface area contributed by atoms with Gasteiger partial charge < -0.3 is 4.90 Å². The van der Waals surface area contributed by atoms with Gasteiger partial charge in [-0.15, -0.1) is 0 Å².